The Labute approximate surface area is 232 Å². The lowest BCUT2D eigenvalue weighted by atomic mass is 9.88. The molecule has 0 spiro atoms. The first-order valence-corrected chi connectivity index (χ1v) is 13.4. The van der Waals surface area contributed by atoms with Crippen LogP contribution >= 0.6 is 0 Å². The average Bonchev–Trinajstić information content (AvgIpc) is 2.92. The zero-order chi connectivity index (χ0) is 29.2. The number of aromatic hydroxyl groups is 4. The van der Waals surface area contributed by atoms with Gasteiger partial charge in [0.25, 0.3) is 0 Å². The molecule has 0 amide bonds. The maximum Gasteiger partial charge on any atom is 0.367 e. The van der Waals surface area contributed by atoms with E-state index in [1.54, 1.807) is 27.7 Å². The van der Waals surface area contributed by atoms with Gasteiger partial charge >= 0.3 is 46.1 Å². The van der Waals surface area contributed by atoms with Crippen molar-refractivity contribution in [2.75, 3.05) is 0 Å². The molecule has 0 saturated carbocycles. The molecule has 2 aliphatic rings. The Morgan fingerprint density at radius 1 is 0.350 bits per heavy atom. The lowest BCUT2D eigenvalue weighted by molar-refractivity contribution is 0.363. The van der Waals surface area contributed by atoms with Crippen molar-refractivity contribution in [2.24, 2.45) is 0 Å². The monoisotopic (exact) mass is 548 g/mol. The molecule has 0 aromatic carbocycles. The van der Waals surface area contributed by atoms with Gasteiger partial charge in [-0.2, -0.15) is 0 Å². The van der Waals surface area contributed by atoms with Crippen LogP contribution < -0.4 is 0 Å². The van der Waals surface area contributed by atoms with E-state index in [0.29, 0.717) is 48.7 Å². The van der Waals surface area contributed by atoms with Gasteiger partial charge in [0, 0.05) is 28.7 Å². The SMILES string of the molecule is Cc1[o+]c2c(c(C)c1O)Cc1[o+]c(C)c(O)c(C)c1C2.Cc1[o+]c2c(c(C)c1O)Cc1c([o+]c(C)c(O)c1C)C2. The molecule has 208 valence electrons. The Bertz CT molecular complexity index is 1590. The summed E-state index contributed by atoms with van der Waals surface area (Å²) in [5.41, 5.74) is 7.30. The quantitative estimate of drug-likeness (QED) is 0.147. The predicted molar refractivity (Wildman–Crippen MR) is 148 cm³/mol. The van der Waals surface area contributed by atoms with Crippen LogP contribution in [0, 0.1) is 55.4 Å². The highest BCUT2D eigenvalue weighted by atomic mass is 16.4. The maximum absolute atomic E-state index is 10.0. The molecular weight excluding hydrogens is 512 g/mol. The summed E-state index contributed by atoms with van der Waals surface area (Å²) in [7, 11) is 0. The largest absolute Gasteiger partial charge is 0.500 e. The molecule has 8 heteroatoms. The molecule has 8 nitrogen and oxygen atoms in total. The van der Waals surface area contributed by atoms with Gasteiger partial charge in [0.1, 0.15) is 0 Å². The minimum atomic E-state index is 0.207. The van der Waals surface area contributed by atoms with Crippen molar-refractivity contribution >= 4 is 0 Å². The molecule has 0 aliphatic heterocycles. The van der Waals surface area contributed by atoms with Crippen molar-refractivity contribution in [3.63, 3.8) is 0 Å². The third-order valence-corrected chi connectivity index (χ3v) is 8.37. The summed E-state index contributed by atoms with van der Waals surface area (Å²) in [5.74, 6) is 6.27. The molecule has 0 radical (unpaired) electrons. The predicted octanol–water partition coefficient (Wildman–Crippen LogP) is 7.15. The zero-order valence-electron chi connectivity index (χ0n) is 24.3. The molecule has 0 saturated heterocycles. The number of rotatable bonds is 0. The summed E-state index contributed by atoms with van der Waals surface area (Å²) in [6.45, 7) is 14.6. The van der Waals surface area contributed by atoms with Gasteiger partial charge in [0.05, 0.1) is 62.8 Å². The van der Waals surface area contributed by atoms with E-state index in [1.807, 2.05) is 27.7 Å². The number of hydrogen-bond acceptors (Lipinski definition) is 4. The van der Waals surface area contributed by atoms with Crippen molar-refractivity contribution in [1.29, 1.82) is 0 Å². The molecule has 6 rings (SSSR count). The van der Waals surface area contributed by atoms with Crippen LogP contribution in [0.1, 0.15) is 90.6 Å². The molecule has 40 heavy (non-hydrogen) atoms. The minimum absolute atomic E-state index is 0.207. The molecule has 0 bridgehead atoms. The minimum Gasteiger partial charge on any atom is -0.500 e. The summed E-state index contributed by atoms with van der Waals surface area (Å²) >= 11 is 0. The van der Waals surface area contributed by atoms with Crippen molar-refractivity contribution in [3.8, 4) is 23.0 Å². The smallest absolute Gasteiger partial charge is 0.367 e. The van der Waals surface area contributed by atoms with Crippen LogP contribution in [0.15, 0.2) is 17.7 Å². The van der Waals surface area contributed by atoms with E-state index >= 15 is 0 Å². The van der Waals surface area contributed by atoms with E-state index in [4.69, 9.17) is 17.7 Å². The Kier molecular flexibility index (Phi) is 6.68. The molecule has 0 unspecified atom stereocenters. The first-order valence-electron chi connectivity index (χ1n) is 13.4. The second-order valence-corrected chi connectivity index (χ2v) is 10.8. The van der Waals surface area contributed by atoms with Gasteiger partial charge in [-0.3, -0.25) is 0 Å². The summed E-state index contributed by atoms with van der Waals surface area (Å²) in [6.07, 6.45) is 2.32. The first kappa shape index (κ1) is 27.4. The van der Waals surface area contributed by atoms with Gasteiger partial charge in [0.2, 0.25) is 23.0 Å². The van der Waals surface area contributed by atoms with E-state index in [2.05, 4.69) is 0 Å². The molecule has 2 aliphatic carbocycles. The summed E-state index contributed by atoms with van der Waals surface area (Å²) < 4.78 is 22.9. The van der Waals surface area contributed by atoms with E-state index in [0.717, 1.165) is 67.5 Å². The van der Waals surface area contributed by atoms with Crippen LogP contribution in [0.25, 0.3) is 0 Å². The highest BCUT2D eigenvalue weighted by molar-refractivity contribution is 5.53. The summed E-state index contributed by atoms with van der Waals surface area (Å²) in [6, 6.07) is 0. The van der Waals surface area contributed by atoms with Gasteiger partial charge in [-0.1, -0.05) is 0 Å². The van der Waals surface area contributed by atoms with Crippen molar-refractivity contribution < 1.29 is 38.1 Å². The maximum atomic E-state index is 10.0. The summed E-state index contributed by atoms with van der Waals surface area (Å²) in [4.78, 5) is 0. The highest BCUT2D eigenvalue weighted by Crippen LogP contribution is 2.40. The van der Waals surface area contributed by atoms with Crippen LogP contribution in [-0.2, 0) is 25.7 Å². The molecule has 0 fully saturated rings. The van der Waals surface area contributed by atoms with Gasteiger partial charge < -0.3 is 20.4 Å². The van der Waals surface area contributed by atoms with E-state index in [-0.39, 0.29) is 23.0 Å². The lowest BCUT2D eigenvalue weighted by Crippen LogP contribution is -2.12. The van der Waals surface area contributed by atoms with Crippen molar-refractivity contribution in [1.82, 2.24) is 0 Å². The Hall–Kier alpha value is -4.20. The fraction of sp³-hybridized carbons (Fsp3) is 0.375. The fourth-order valence-electron chi connectivity index (χ4n) is 5.78. The van der Waals surface area contributed by atoms with Crippen LogP contribution in [0.4, 0.5) is 0 Å². The van der Waals surface area contributed by atoms with Crippen LogP contribution in [0.5, 0.6) is 23.0 Å². The zero-order valence-corrected chi connectivity index (χ0v) is 24.3. The van der Waals surface area contributed by atoms with Crippen molar-refractivity contribution in [3.05, 3.63) is 90.6 Å². The average molecular weight is 549 g/mol. The van der Waals surface area contributed by atoms with Gasteiger partial charge in [-0.25, -0.2) is 17.7 Å². The molecular formula is C32H36O8+4. The van der Waals surface area contributed by atoms with Crippen molar-refractivity contribution in [2.45, 2.75) is 81.1 Å². The fourth-order valence-corrected chi connectivity index (χ4v) is 5.78. The second-order valence-electron chi connectivity index (χ2n) is 10.8. The van der Waals surface area contributed by atoms with Gasteiger partial charge in [0.15, 0.2) is 6.42 Å². The number of aryl methyl sites for hydroxylation is 4. The second kappa shape index (κ2) is 9.77. The normalized spacial score (nSPS) is 13.0. The molecule has 4 aromatic heterocycles. The molecule has 4 aromatic rings. The standard InChI is InChI=1S/2C16H16O4/c1-7-11-5-14-12(8(2)16(18)10(4)20-14)6-13(11)19-9(3)15(7)17;1-7-11-5-12-8(2)16(18)10(4)20-14(12)6-13(11)19-9(3)15(7)17/h2*5-6H2,1-4H3/p+4. The molecule has 4 heterocycles. The Morgan fingerprint density at radius 3 is 0.850 bits per heavy atom. The topological polar surface area (TPSA) is 126 Å². The first-order chi connectivity index (χ1) is 18.8. The molecule has 4 N–H and O–H groups in total. The van der Waals surface area contributed by atoms with Crippen LogP contribution in [-0.4, -0.2) is 20.4 Å². The highest BCUT2D eigenvalue weighted by Gasteiger charge is 2.40. The van der Waals surface area contributed by atoms with Gasteiger partial charge in [-0.15, -0.1) is 0 Å². The van der Waals surface area contributed by atoms with E-state index in [9.17, 15) is 20.4 Å². The third kappa shape index (κ3) is 4.31. The summed E-state index contributed by atoms with van der Waals surface area (Å²) in [5, 5.41) is 40.0. The van der Waals surface area contributed by atoms with E-state index in [1.165, 1.54) is 0 Å². The molecule has 0 atom stereocenters. The number of fused-ring (bicyclic) bond motifs is 4. The number of hydrogen-bond donors (Lipinski definition) is 4. The van der Waals surface area contributed by atoms with Gasteiger partial charge in [-0.05, 0) is 27.7 Å². The Balaban J connectivity index is 0.000000161. The Morgan fingerprint density at radius 2 is 0.575 bits per heavy atom. The third-order valence-electron chi connectivity index (χ3n) is 8.37. The van der Waals surface area contributed by atoms with Crippen LogP contribution in [0.2, 0.25) is 0 Å². The van der Waals surface area contributed by atoms with Crippen LogP contribution in [0.3, 0.4) is 0 Å². The van der Waals surface area contributed by atoms with E-state index < -0.39 is 0 Å². The lowest BCUT2D eigenvalue weighted by Gasteiger charge is -2.12.